The average Bonchev–Trinajstić information content (AvgIpc) is 3.14. The Morgan fingerprint density at radius 1 is 1.17 bits per heavy atom. The van der Waals surface area contributed by atoms with E-state index in [2.05, 4.69) is 15.4 Å². The number of para-hydroxylation sites is 1. The van der Waals surface area contributed by atoms with E-state index in [0.717, 1.165) is 16.9 Å². The van der Waals surface area contributed by atoms with Crippen LogP contribution in [0.5, 0.6) is 0 Å². The van der Waals surface area contributed by atoms with Gasteiger partial charge in [-0.15, -0.1) is 0 Å². The van der Waals surface area contributed by atoms with Crippen LogP contribution in [0.2, 0.25) is 0 Å². The Morgan fingerprint density at radius 3 is 2.65 bits per heavy atom. The van der Waals surface area contributed by atoms with E-state index in [1.807, 2.05) is 42.5 Å². The normalized spacial score (nSPS) is 10.3. The first-order valence-electron chi connectivity index (χ1n) is 7.13. The molecule has 0 saturated carbocycles. The SMILES string of the molecule is COC(=O)c1ccccc1NCc1ccc(-n2cncn2)cc1. The topological polar surface area (TPSA) is 69.0 Å². The lowest BCUT2D eigenvalue weighted by Gasteiger charge is -2.11. The molecule has 0 fully saturated rings. The zero-order chi connectivity index (χ0) is 16.1. The van der Waals surface area contributed by atoms with Crippen molar-refractivity contribution in [3.8, 4) is 5.69 Å². The monoisotopic (exact) mass is 308 g/mol. The molecule has 1 N–H and O–H groups in total. The lowest BCUT2D eigenvalue weighted by molar-refractivity contribution is 0.0602. The van der Waals surface area contributed by atoms with Crippen LogP contribution in [-0.4, -0.2) is 27.8 Å². The fourth-order valence-electron chi connectivity index (χ4n) is 2.23. The van der Waals surface area contributed by atoms with Crippen molar-refractivity contribution in [2.75, 3.05) is 12.4 Å². The van der Waals surface area contributed by atoms with E-state index < -0.39 is 0 Å². The number of hydrogen-bond donors (Lipinski definition) is 1. The molecule has 0 unspecified atom stereocenters. The van der Waals surface area contributed by atoms with Gasteiger partial charge < -0.3 is 10.1 Å². The molecule has 0 aliphatic rings. The van der Waals surface area contributed by atoms with Gasteiger partial charge in [0.05, 0.1) is 18.4 Å². The van der Waals surface area contributed by atoms with E-state index >= 15 is 0 Å². The molecule has 23 heavy (non-hydrogen) atoms. The van der Waals surface area contributed by atoms with Crippen molar-refractivity contribution >= 4 is 11.7 Å². The smallest absolute Gasteiger partial charge is 0.339 e. The number of ether oxygens (including phenoxy) is 1. The summed E-state index contributed by atoms with van der Waals surface area (Å²) in [4.78, 5) is 15.7. The van der Waals surface area contributed by atoms with Gasteiger partial charge in [0.25, 0.3) is 0 Å². The molecule has 0 atom stereocenters. The Bertz CT molecular complexity index is 783. The van der Waals surface area contributed by atoms with Crippen molar-refractivity contribution in [2.24, 2.45) is 0 Å². The van der Waals surface area contributed by atoms with Crippen LogP contribution in [-0.2, 0) is 11.3 Å². The highest BCUT2D eigenvalue weighted by Crippen LogP contribution is 2.17. The highest BCUT2D eigenvalue weighted by atomic mass is 16.5. The summed E-state index contributed by atoms with van der Waals surface area (Å²) in [7, 11) is 1.38. The van der Waals surface area contributed by atoms with E-state index in [1.165, 1.54) is 13.4 Å². The standard InChI is InChI=1S/C17H16N4O2/c1-23-17(22)15-4-2-3-5-16(15)19-10-13-6-8-14(9-7-13)21-12-18-11-20-21/h2-9,11-12,19H,10H2,1H3. The van der Waals surface area contributed by atoms with Crippen LogP contribution >= 0.6 is 0 Å². The van der Waals surface area contributed by atoms with Crippen LogP contribution in [0.3, 0.4) is 0 Å². The number of nitrogens with zero attached hydrogens (tertiary/aromatic N) is 3. The first-order chi connectivity index (χ1) is 11.3. The molecule has 2 aromatic carbocycles. The maximum absolute atomic E-state index is 11.7. The minimum Gasteiger partial charge on any atom is -0.465 e. The molecular formula is C17H16N4O2. The maximum Gasteiger partial charge on any atom is 0.339 e. The first-order valence-corrected chi connectivity index (χ1v) is 7.13. The number of esters is 1. The highest BCUT2D eigenvalue weighted by Gasteiger charge is 2.10. The fourth-order valence-corrected chi connectivity index (χ4v) is 2.23. The minimum absolute atomic E-state index is 0.352. The Balaban J connectivity index is 1.70. The number of carbonyl (C=O) groups is 1. The third-order valence-electron chi connectivity index (χ3n) is 3.43. The number of anilines is 1. The van der Waals surface area contributed by atoms with Gasteiger partial charge in [-0.2, -0.15) is 5.10 Å². The van der Waals surface area contributed by atoms with Gasteiger partial charge in [0, 0.05) is 12.2 Å². The molecule has 116 valence electrons. The number of nitrogens with one attached hydrogen (secondary N) is 1. The van der Waals surface area contributed by atoms with Crippen molar-refractivity contribution in [1.82, 2.24) is 14.8 Å². The zero-order valence-corrected chi connectivity index (χ0v) is 12.6. The molecule has 0 aliphatic heterocycles. The molecule has 3 rings (SSSR count). The van der Waals surface area contributed by atoms with Crippen LogP contribution in [0.1, 0.15) is 15.9 Å². The van der Waals surface area contributed by atoms with Crippen LogP contribution < -0.4 is 5.32 Å². The second-order valence-electron chi connectivity index (χ2n) is 4.90. The molecule has 0 amide bonds. The summed E-state index contributed by atoms with van der Waals surface area (Å²) in [5, 5.41) is 7.35. The van der Waals surface area contributed by atoms with Gasteiger partial charge in [0.2, 0.25) is 0 Å². The van der Waals surface area contributed by atoms with E-state index in [4.69, 9.17) is 4.74 Å². The summed E-state index contributed by atoms with van der Waals surface area (Å²) in [6, 6.07) is 15.2. The van der Waals surface area contributed by atoms with Crippen molar-refractivity contribution < 1.29 is 9.53 Å². The van der Waals surface area contributed by atoms with Gasteiger partial charge in [0.1, 0.15) is 12.7 Å². The predicted octanol–water partition coefficient (Wildman–Crippen LogP) is 2.67. The average molecular weight is 308 g/mol. The van der Waals surface area contributed by atoms with E-state index in [-0.39, 0.29) is 5.97 Å². The Hall–Kier alpha value is -3.15. The van der Waals surface area contributed by atoms with Gasteiger partial charge in [-0.1, -0.05) is 24.3 Å². The van der Waals surface area contributed by atoms with E-state index in [0.29, 0.717) is 12.1 Å². The molecule has 1 aromatic heterocycles. The van der Waals surface area contributed by atoms with Crippen molar-refractivity contribution in [1.29, 1.82) is 0 Å². The molecule has 3 aromatic rings. The summed E-state index contributed by atoms with van der Waals surface area (Å²) in [6.45, 7) is 0.603. The number of methoxy groups -OCH3 is 1. The predicted molar refractivity (Wildman–Crippen MR) is 86.5 cm³/mol. The molecule has 0 saturated heterocycles. The van der Waals surface area contributed by atoms with Crippen LogP contribution in [0.15, 0.2) is 61.2 Å². The number of carbonyl (C=O) groups excluding carboxylic acids is 1. The molecule has 0 radical (unpaired) electrons. The fraction of sp³-hybridized carbons (Fsp3) is 0.118. The summed E-state index contributed by atoms with van der Waals surface area (Å²) in [5.41, 5.74) is 3.31. The molecule has 0 bridgehead atoms. The number of aromatic nitrogens is 3. The second kappa shape index (κ2) is 6.74. The van der Waals surface area contributed by atoms with Gasteiger partial charge in [-0.05, 0) is 29.8 Å². The number of rotatable bonds is 5. The van der Waals surface area contributed by atoms with Crippen LogP contribution in [0.4, 0.5) is 5.69 Å². The molecule has 6 heteroatoms. The van der Waals surface area contributed by atoms with Crippen molar-refractivity contribution in [3.05, 3.63) is 72.3 Å². The summed E-state index contributed by atoms with van der Waals surface area (Å²) in [6.07, 6.45) is 3.15. The molecule has 0 spiro atoms. The molecule has 0 aliphatic carbocycles. The molecular weight excluding hydrogens is 292 g/mol. The molecule has 6 nitrogen and oxygen atoms in total. The maximum atomic E-state index is 11.7. The van der Waals surface area contributed by atoms with Crippen molar-refractivity contribution in [3.63, 3.8) is 0 Å². The van der Waals surface area contributed by atoms with E-state index in [1.54, 1.807) is 17.1 Å². The lowest BCUT2D eigenvalue weighted by Crippen LogP contribution is -2.08. The van der Waals surface area contributed by atoms with Crippen molar-refractivity contribution in [2.45, 2.75) is 6.54 Å². The zero-order valence-electron chi connectivity index (χ0n) is 12.6. The molecule has 1 heterocycles. The Morgan fingerprint density at radius 2 is 1.96 bits per heavy atom. The summed E-state index contributed by atoms with van der Waals surface area (Å²) >= 11 is 0. The van der Waals surface area contributed by atoms with Crippen LogP contribution in [0, 0.1) is 0 Å². The van der Waals surface area contributed by atoms with Gasteiger partial charge in [-0.25, -0.2) is 14.5 Å². The second-order valence-corrected chi connectivity index (χ2v) is 4.90. The Kier molecular flexibility index (Phi) is 4.33. The van der Waals surface area contributed by atoms with E-state index in [9.17, 15) is 4.79 Å². The largest absolute Gasteiger partial charge is 0.465 e. The quantitative estimate of drug-likeness (QED) is 0.734. The highest BCUT2D eigenvalue weighted by molar-refractivity contribution is 5.95. The number of benzene rings is 2. The van der Waals surface area contributed by atoms with Gasteiger partial charge in [0.15, 0.2) is 0 Å². The Labute approximate surface area is 133 Å². The third-order valence-corrected chi connectivity index (χ3v) is 3.43. The number of hydrogen-bond acceptors (Lipinski definition) is 5. The summed E-state index contributed by atoms with van der Waals surface area (Å²) in [5.74, 6) is -0.352. The third kappa shape index (κ3) is 3.37. The van der Waals surface area contributed by atoms with Gasteiger partial charge >= 0.3 is 5.97 Å². The van der Waals surface area contributed by atoms with Gasteiger partial charge in [-0.3, -0.25) is 0 Å². The first kappa shape index (κ1) is 14.8. The minimum atomic E-state index is -0.352. The summed E-state index contributed by atoms with van der Waals surface area (Å²) < 4.78 is 6.49. The lowest BCUT2D eigenvalue weighted by atomic mass is 10.1. The van der Waals surface area contributed by atoms with Crippen LogP contribution in [0.25, 0.3) is 5.69 Å².